The minimum Gasteiger partial charge on any atom is -0.270 e. The molecule has 8 nitrogen and oxygen atoms in total. The van der Waals surface area contributed by atoms with Crippen LogP contribution in [0.3, 0.4) is 0 Å². The van der Waals surface area contributed by atoms with Gasteiger partial charge in [-0.05, 0) is 42.8 Å². The molecule has 0 aromatic heterocycles. The predicted octanol–water partition coefficient (Wildman–Crippen LogP) is 2.24. The Morgan fingerprint density at radius 2 is 1.87 bits per heavy atom. The highest BCUT2D eigenvalue weighted by molar-refractivity contribution is 7.93. The molecule has 0 saturated carbocycles. The summed E-state index contributed by atoms with van der Waals surface area (Å²) < 4.78 is 91.0. The van der Waals surface area contributed by atoms with Crippen LogP contribution in [0.5, 0.6) is 0 Å². The molecule has 13 heteroatoms. The summed E-state index contributed by atoms with van der Waals surface area (Å²) in [5.74, 6) is -1.21. The van der Waals surface area contributed by atoms with E-state index in [9.17, 15) is 34.8 Å². The average Bonchev–Trinajstić information content (AvgIpc) is 3.05. The number of halogens is 3. The molecule has 164 valence electrons. The molecule has 31 heavy (non-hydrogen) atoms. The van der Waals surface area contributed by atoms with E-state index in [2.05, 4.69) is 0 Å². The minimum absolute atomic E-state index is 0.0575. The van der Waals surface area contributed by atoms with E-state index in [-0.39, 0.29) is 29.6 Å². The fourth-order valence-corrected chi connectivity index (χ4v) is 5.55. The maximum absolute atomic E-state index is 13.1. The van der Waals surface area contributed by atoms with Crippen LogP contribution >= 0.6 is 0 Å². The van der Waals surface area contributed by atoms with Crippen molar-refractivity contribution in [3.8, 4) is 6.07 Å². The van der Waals surface area contributed by atoms with Crippen LogP contribution in [0.15, 0.2) is 47.4 Å². The van der Waals surface area contributed by atoms with Crippen LogP contribution in [0.2, 0.25) is 0 Å². The second-order valence-corrected chi connectivity index (χ2v) is 10.2. The Morgan fingerprint density at radius 1 is 1.16 bits per heavy atom. The third-order valence-electron chi connectivity index (χ3n) is 4.45. The van der Waals surface area contributed by atoms with Crippen LogP contribution in [0.1, 0.15) is 27.9 Å². The Hall–Kier alpha value is -3.11. The maximum atomic E-state index is 13.1. The average molecular weight is 473 g/mol. The molecule has 1 amide bonds. The highest BCUT2D eigenvalue weighted by Gasteiger charge is 2.35. The number of anilines is 1. The molecule has 1 aliphatic heterocycles. The first-order chi connectivity index (χ1) is 14.3. The third-order valence-corrected chi connectivity index (χ3v) is 7.65. The van der Waals surface area contributed by atoms with Gasteiger partial charge in [-0.3, -0.25) is 9.10 Å². The van der Waals surface area contributed by atoms with Crippen LogP contribution in [-0.2, 0) is 26.2 Å². The number of carbonyl (C=O) groups excluding carboxylic acids is 1. The van der Waals surface area contributed by atoms with Gasteiger partial charge in [0.2, 0.25) is 10.0 Å². The zero-order valence-corrected chi connectivity index (χ0v) is 17.2. The van der Waals surface area contributed by atoms with Gasteiger partial charge in [0, 0.05) is 12.1 Å². The predicted molar refractivity (Wildman–Crippen MR) is 103 cm³/mol. The second-order valence-electron chi connectivity index (χ2n) is 6.54. The van der Waals surface area contributed by atoms with Crippen LogP contribution in [0, 0.1) is 11.3 Å². The van der Waals surface area contributed by atoms with E-state index in [1.165, 1.54) is 30.3 Å². The molecular formula is C18H14F3N3O5S2. The summed E-state index contributed by atoms with van der Waals surface area (Å²) >= 11 is 0. The largest absolute Gasteiger partial charge is 0.417 e. The van der Waals surface area contributed by atoms with Crippen LogP contribution in [0.25, 0.3) is 0 Å². The number of amides is 1. The van der Waals surface area contributed by atoms with Gasteiger partial charge in [-0.25, -0.2) is 21.6 Å². The summed E-state index contributed by atoms with van der Waals surface area (Å²) in [6.45, 7) is 0.206. The van der Waals surface area contributed by atoms with Crippen molar-refractivity contribution >= 4 is 31.6 Å². The van der Waals surface area contributed by atoms with E-state index in [4.69, 9.17) is 5.26 Å². The van der Waals surface area contributed by atoms with Crippen LogP contribution < -0.4 is 9.03 Å². The van der Waals surface area contributed by atoms with Crippen molar-refractivity contribution in [1.29, 1.82) is 5.26 Å². The number of benzene rings is 2. The van der Waals surface area contributed by atoms with Gasteiger partial charge in [-0.2, -0.15) is 18.4 Å². The van der Waals surface area contributed by atoms with Gasteiger partial charge in [-0.1, -0.05) is 6.07 Å². The lowest BCUT2D eigenvalue weighted by Gasteiger charge is -2.17. The third kappa shape index (κ3) is 4.64. The normalized spacial score (nSPS) is 16.0. The fraction of sp³-hybridized carbons (Fsp3) is 0.222. The summed E-state index contributed by atoms with van der Waals surface area (Å²) in [5.41, 5.74) is -2.25. The van der Waals surface area contributed by atoms with Gasteiger partial charge in [0.05, 0.1) is 33.5 Å². The summed E-state index contributed by atoms with van der Waals surface area (Å²) in [5, 5.41) is 8.81. The molecule has 0 spiro atoms. The first kappa shape index (κ1) is 22.6. The first-order valence-corrected chi connectivity index (χ1v) is 11.7. The van der Waals surface area contributed by atoms with Crippen molar-refractivity contribution < 1.29 is 34.8 Å². The Balaban J connectivity index is 1.90. The van der Waals surface area contributed by atoms with E-state index >= 15 is 0 Å². The quantitative estimate of drug-likeness (QED) is 0.726. The molecule has 1 saturated heterocycles. The first-order valence-electron chi connectivity index (χ1n) is 8.64. The van der Waals surface area contributed by atoms with Crippen molar-refractivity contribution in [2.45, 2.75) is 17.5 Å². The number of alkyl halides is 3. The zero-order chi connectivity index (χ0) is 23.0. The lowest BCUT2D eigenvalue weighted by atomic mass is 10.1. The number of hydrogen-bond donors (Lipinski definition) is 1. The molecule has 0 unspecified atom stereocenters. The number of carbonyl (C=O) groups is 1. The van der Waals surface area contributed by atoms with Crippen molar-refractivity contribution in [2.24, 2.45) is 0 Å². The van der Waals surface area contributed by atoms with Crippen molar-refractivity contribution in [3.05, 3.63) is 59.2 Å². The fourth-order valence-electron chi connectivity index (χ4n) is 2.99. The molecule has 1 fully saturated rings. The van der Waals surface area contributed by atoms with Gasteiger partial charge in [0.25, 0.3) is 15.9 Å². The van der Waals surface area contributed by atoms with Gasteiger partial charge in [0.1, 0.15) is 0 Å². The van der Waals surface area contributed by atoms with Crippen molar-refractivity contribution in [1.82, 2.24) is 4.72 Å². The maximum Gasteiger partial charge on any atom is 0.417 e. The molecule has 0 atom stereocenters. The molecule has 0 radical (unpaired) electrons. The van der Waals surface area contributed by atoms with E-state index in [1.807, 2.05) is 0 Å². The van der Waals surface area contributed by atoms with Gasteiger partial charge in [0.15, 0.2) is 0 Å². The van der Waals surface area contributed by atoms with Crippen LogP contribution in [-0.4, -0.2) is 35.0 Å². The lowest BCUT2D eigenvalue weighted by Crippen LogP contribution is -2.31. The smallest absolute Gasteiger partial charge is 0.270 e. The van der Waals surface area contributed by atoms with Crippen LogP contribution in [0.4, 0.5) is 18.9 Å². The SMILES string of the molecule is N#Cc1ccc(S(=O)(=O)NC(=O)c2cccc(N3CCCS3(=O)=O)c2)cc1C(F)(F)F. The molecule has 0 bridgehead atoms. The van der Waals surface area contributed by atoms with Gasteiger partial charge >= 0.3 is 6.18 Å². The molecule has 1 N–H and O–H groups in total. The Kier molecular flexibility index (Phi) is 5.72. The highest BCUT2D eigenvalue weighted by Crippen LogP contribution is 2.33. The van der Waals surface area contributed by atoms with Gasteiger partial charge in [-0.15, -0.1) is 0 Å². The Labute approximate surface area is 176 Å². The summed E-state index contributed by atoms with van der Waals surface area (Å²) in [7, 11) is -8.25. The summed E-state index contributed by atoms with van der Waals surface area (Å²) in [6, 6.07) is 8.26. The number of nitrogens with zero attached hydrogens (tertiary/aromatic N) is 2. The van der Waals surface area contributed by atoms with Gasteiger partial charge < -0.3 is 0 Å². The monoisotopic (exact) mass is 473 g/mol. The minimum atomic E-state index is -4.98. The number of nitriles is 1. The molecule has 1 heterocycles. The van der Waals surface area contributed by atoms with Crippen molar-refractivity contribution in [3.63, 3.8) is 0 Å². The summed E-state index contributed by atoms with van der Waals surface area (Å²) in [4.78, 5) is 11.6. The van der Waals surface area contributed by atoms with E-state index in [0.29, 0.717) is 12.5 Å². The standard InChI is InChI=1S/C18H14F3N3O5S2/c19-18(20,21)16-10-15(6-5-13(16)11-22)31(28,29)23-17(25)12-3-1-4-14(9-12)24-7-2-8-30(24,26)27/h1,3-6,9-10H,2,7-8H2,(H,23,25). The van der Waals surface area contributed by atoms with E-state index in [0.717, 1.165) is 10.4 Å². The highest BCUT2D eigenvalue weighted by atomic mass is 32.2. The molecule has 1 aliphatic rings. The van der Waals surface area contributed by atoms with Crippen molar-refractivity contribution in [2.75, 3.05) is 16.6 Å². The van der Waals surface area contributed by atoms with E-state index in [1.54, 1.807) is 4.72 Å². The number of rotatable bonds is 4. The summed E-state index contributed by atoms with van der Waals surface area (Å²) in [6.07, 6.45) is -4.58. The topological polar surface area (TPSA) is 124 Å². The molecule has 0 aliphatic carbocycles. The molecular weight excluding hydrogens is 459 g/mol. The zero-order valence-electron chi connectivity index (χ0n) is 15.5. The number of hydrogen-bond acceptors (Lipinski definition) is 6. The molecule has 2 aromatic carbocycles. The molecule has 2 aromatic rings. The lowest BCUT2D eigenvalue weighted by molar-refractivity contribution is -0.137. The number of sulfonamides is 2. The Morgan fingerprint density at radius 3 is 2.45 bits per heavy atom. The second kappa shape index (κ2) is 7.86. The van der Waals surface area contributed by atoms with E-state index < -0.39 is 48.2 Å². The molecule has 3 rings (SSSR count). The Bertz CT molecular complexity index is 1300. The number of nitrogens with one attached hydrogen (secondary N) is 1.